The molecule has 5 heteroatoms. The van der Waals surface area contributed by atoms with E-state index in [0.717, 1.165) is 0 Å². The Morgan fingerprint density at radius 3 is 2.73 bits per heavy atom. The zero-order chi connectivity index (χ0) is 11.4. The van der Waals surface area contributed by atoms with E-state index in [0.29, 0.717) is 11.3 Å². The van der Waals surface area contributed by atoms with E-state index in [1.54, 1.807) is 0 Å². The molecule has 0 aromatic heterocycles. The van der Waals surface area contributed by atoms with Gasteiger partial charge in [-0.15, -0.1) is 0 Å². The number of aromatic carboxylic acids is 1. The lowest BCUT2D eigenvalue weighted by atomic mass is 10.0. The van der Waals surface area contributed by atoms with Crippen molar-refractivity contribution in [1.82, 2.24) is 0 Å². The van der Waals surface area contributed by atoms with Crippen molar-refractivity contribution in [2.45, 2.75) is 6.54 Å². The maximum absolute atomic E-state index is 10.7. The van der Waals surface area contributed by atoms with Crippen LogP contribution in [0.4, 0.5) is 0 Å². The second-order valence-corrected chi connectivity index (χ2v) is 2.83. The lowest BCUT2D eigenvalue weighted by Gasteiger charge is -2.09. The van der Waals surface area contributed by atoms with Crippen LogP contribution in [0.15, 0.2) is 12.1 Å². The van der Waals surface area contributed by atoms with Gasteiger partial charge in [0.05, 0.1) is 24.3 Å². The Labute approximate surface area is 86.7 Å². The van der Waals surface area contributed by atoms with Crippen molar-refractivity contribution in [2.75, 3.05) is 7.11 Å². The third-order valence-corrected chi connectivity index (χ3v) is 2.00. The van der Waals surface area contributed by atoms with E-state index >= 15 is 0 Å². The highest BCUT2D eigenvalue weighted by Crippen LogP contribution is 2.23. The Bertz CT molecular complexity index is 435. The first-order valence-corrected chi connectivity index (χ1v) is 4.18. The molecule has 0 bridgehead atoms. The average molecular weight is 206 g/mol. The molecule has 0 spiro atoms. The molecule has 0 unspecified atom stereocenters. The van der Waals surface area contributed by atoms with Crippen molar-refractivity contribution in [2.24, 2.45) is 5.73 Å². The fraction of sp³-hybridized carbons (Fsp3) is 0.200. The number of nitrogens with zero attached hydrogens (tertiary/aromatic N) is 1. The number of ether oxygens (including phenoxy) is 1. The van der Waals surface area contributed by atoms with Crippen LogP contribution in [0, 0.1) is 11.3 Å². The molecule has 0 aliphatic heterocycles. The zero-order valence-electron chi connectivity index (χ0n) is 8.15. The number of methoxy groups -OCH3 is 1. The monoisotopic (exact) mass is 206 g/mol. The number of benzene rings is 1. The topological polar surface area (TPSA) is 96.3 Å². The summed E-state index contributed by atoms with van der Waals surface area (Å²) in [5.74, 6) is -0.776. The minimum atomic E-state index is -1.10. The third-order valence-electron chi connectivity index (χ3n) is 2.00. The normalized spacial score (nSPS) is 9.40. The van der Waals surface area contributed by atoms with Gasteiger partial charge in [0.2, 0.25) is 0 Å². The SMILES string of the molecule is COc1cc(C(=O)O)cc(C#N)c1CN. The van der Waals surface area contributed by atoms with Crippen LogP contribution in [0.3, 0.4) is 0 Å². The number of carboxylic acid groups (broad SMARTS) is 1. The molecule has 15 heavy (non-hydrogen) atoms. The van der Waals surface area contributed by atoms with Gasteiger partial charge in [0.25, 0.3) is 0 Å². The van der Waals surface area contributed by atoms with Gasteiger partial charge in [-0.05, 0) is 12.1 Å². The molecule has 0 aliphatic rings. The van der Waals surface area contributed by atoms with E-state index in [4.69, 9.17) is 20.8 Å². The molecule has 5 nitrogen and oxygen atoms in total. The third kappa shape index (κ3) is 2.06. The Morgan fingerprint density at radius 1 is 1.67 bits per heavy atom. The number of hydrogen-bond acceptors (Lipinski definition) is 4. The van der Waals surface area contributed by atoms with Crippen LogP contribution in [0.2, 0.25) is 0 Å². The van der Waals surface area contributed by atoms with Crippen LogP contribution in [0.25, 0.3) is 0 Å². The summed E-state index contributed by atoms with van der Waals surface area (Å²) in [6, 6.07) is 4.53. The zero-order valence-corrected chi connectivity index (χ0v) is 8.15. The number of nitriles is 1. The number of rotatable bonds is 3. The first kappa shape index (κ1) is 11.0. The van der Waals surface area contributed by atoms with Crippen LogP contribution >= 0.6 is 0 Å². The molecule has 1 aromatic carbocycles. The van der Waals surface area contributed by atoms with E-state index < -0.39 is 5.97 Å². The van der Waals surface area contributed by atoms with Gasteiger partial charge in [-0.1, -0.05) is 0 Å². The molecular formula is C10H10N2O3. The Kier molecular flexibility index (Phi) is 3.26. The summed E-state index contributed by atoms with van der Waals surface area (Å²) in [5, 5.41) is 17.6. The van der Waals surface area contributed by atoms with Gasteiger partial charge in [-0.25, -0.2) is 4.79 Å². The van der Waals surface area contributed by atoms with Crippen LogP contribution in [-0.4, -0.2) is 18.2 Å². The summed E-state index contributed by atoms with van der Waals surface area (Å²) in [6.07, 6.45) is 0. The summed E-state index contributed by atoms with van der Waals surface area (Å²) >= 11 is 0. The predicted molar refractivity (Wildman–Crippen MR) is 52.6 cm³/mol. The van der Waals surface area contributed by atoms with Crippen molar-refractivity contribution in [3.05, 3.63) is 28.8 Å². The Hall–Kier alpha value is -2.06. The lowest BCUT2D eigenvalue weighted by Crippen LogP contribution is -2.06. The van der Waals surface area contributed by atoms with Crippen molar-refractivity contribution in [3.8, 4) is 11.8 Å². The number of carboxylic acids is 1. The molecule has 0 amide bonds. The molecule has 0 radical (unpaired) electrons. The summed E-state index contributed by atoms with van der Waals surface area (Å²) in [7, 11) is 1.40. The number of hydrogen-bond donors (Lipinski definition) is 2. The molecule has 3 N–H and O–H groups in total. The van der Waals surface area contributed by atoms with Gasteiger partial charge in [0.1, 0.15) is 5.75 Å². The highest BCUT2D eigenvalue weighted by Gasteiger charge is 2.13. The quantitative estimate of drug-likeness (QED) is 0.759. The fourth-order valence-electron chi connectivity index (χ4n) is 1.26. The first-order chi connectivity index (χ1) is 7.13. The molecule has 1 aromatic rings. The second-order valence-electron chi connectivity index (χ2n) is 2.83. The molecular weight excluding hydrogens is 196 g/mol. The number of carbonyl (C=O) groups is 1. The predicted octanol–water partition coefficient (Wildman–Crippen LogP) is 0.724. The van der Waals surface area contributed by atoms with Crippen LogP contribution < -0.4 is 10.5 Å². The Balaban J connectivity index is 3.44. The lowest BCUT2D eigenvalue weighted by molar-refractivity contribution is 0.0696. The van der Waals surface area contributed by atoms with Crippen LogP contribution in [-0.2, 0) is 6.54 Å². The first-order valence-electron chi connectivity index (χ1n) is 4.18. The molecule has 0 saturated heterocycles. The van der Waals surface area contributed by atoms with E-state index in [2.05, 4.69) is 0 Å². The van der Waals surface area contributed by atoms with Crippen LogP contribution in [0.1, 0.15) is 21.5 Å². The minimum absolute atomic E-state index is 0.0144. The van der Waals surface area contributed by atoms with Crippen molar-refractivity contribution in [3.63, 3.8) is 0 Å². The summed E-state index contributed by atoms with van der Waals surface area (Å²) in [6.45, 7) is 0.131. The maximum Gasteiger partial charge on any atom is 0.335 e. The van der Waals surface area contributed by atoms with E-state index in [1.165, 1.54) is 19.2 Å². The molecule has 0 fully saturated rings. The number of nitrogens with two attached hydrogens (primary N) is 1. The molecule has 0 saturated carbocycles. The van der Waals surface area contributed by atoms with Gasteiger partial charge >= 0.3 is 5.97 Å². The molecule has 0 heterocycles. The molecule has 1 rings (SSSR count). The smallest absolute Gasteiger partial charge is 0.335 e. The van der Waals surface area contributed by atoms with Crippen molar-refractivity contribution in [1.29, 1.82) is 5.26 Å². The van der Waals surface area contributed by atoms with Gasteiger partial charge in [-0.3, -0.25) is 0 Å². The van der Waals surface area contributed by atoms with Gasteiger partial charge in [0, 0.05) is 12.1 Å². The van der Waals surface area contributed by atoms with E-state index in [-0.39, 0.29) is 17.7 Å². The maximum atomic E-state index is 10.7. The standard InChI is InChI=1S/C10H10N2O3/c1-15-9-3-6(10(13)14)2-7(4-11)8(9)5-12/h2-3H,5,12H2,1H3,(H,13,14). The fourth-order valence-corrected chi connectivity index (χ4v) is 1.26. The van der Waals surface area contributed by atoms with Gasteiger partial charge in [-0.2, -0.15) is 5.26 Å². The summed E-state index contributed by atoms with van der Waals surface area (Å²) < 4.78 is 4.98. The van der Waals surface area contributed by atoms with Gasteiger partial charge < -0.3 is 15.6 Å². The van der Waals surface area contributed by atoms with Crippen molar-refractivity contribution < 1.29 is 14.6 Å². The molecule has 78 valence electrons. The molecule has 0 aliphatic carbocycles. The largest absolute Gasteiger partial charge is 0.496 e. The Morgan fingerprint density at radius 2 is 2.33 bits per heavy atom. The van der Waals surface area contributed by atoms with E-state index in [1.807, 2.05) is 6.07 Å². The average Bonchev–Trinajstić information content (AvgIpc) is 2.26. The second kappa shape index (κ2) is 4.44. The van der Waals surface area contributed by atoms with Crippen molar-refractivity contribution >= 4 is 5.97 Å². The molecule has 0 atom stereocenters. The minimum Gasteiger partial charge on any atom is -0.496 e. The summed E-state index contributed by atoms with van der Waals surface area (Å²) in [5.41, 5.74) is 6.21. The highest BCUT2D eigenvalue weighted by molar-refractivity contribution is 5.89. The summed E-state index contributed by atoms with van der Waals surface area (Å²) in [4.78, 5) is 10.7. The van der Waals surface area contributed by atoms with Gasteiger partial charge in [0.15, 0.2) is 0 Å². The van der Waals surface area contributed by atoms with E-state index in [9.17, 15) is 4.79 Å². The highest BCUT2D eigenvalue weighted by atomic mass is 16.5. The van der Waals surface area contributed by atoms with Crippen LogP contribution in [0.5, 0.6) is 5.75 Å².